The molecule has 160 valence electrons. The highest BCUT2D eigenvalue weighted by Crippen LogP contribution is 2.25. The second-order valence-corrected chi connectivity index (χ2v) is 7.54. The lowest BCUT2D eigenvalue weighted by atomic mass is 10.1. The van der Waals surface area contributed by atoms with Crippen molar-refractivity contribution in [3.05, 3.63) is 40.4 Å². The lowest BCUT2D eigenvalue weighted by Crippen LogP contribution is -2.36. The molecule has 30 heavy (non-hydrogen) atoms. The number of likely N-dealkylation sites (N-methyl/N-ethyl adjacent to an activating group) is 1. The standard InChI is InChI=1S/C19H25N7O3S/c1-12(27)24-19-25-15(17(30-19)18(29)21-10-16(28)26(2)3)9-6-13-4-7-14(8-5-13)22-11-23-20/h4-5,7-8,11H,6,9-10,20H2,1-3H3,(H,21,29)(H,22,23)(H,24,25,27). The van der Waals surface area contributed by atoms with Crippen LogP contribution in [0.25, 0.3) is 0 Å². The third-order valence-electron chi connectivity index (χ3n) is 3.96. The minimum atomic E-state index is -0.395. The Kier molecular flexibility index (Phi) is 8.44. The maximum atomic E-state index is 12.6. The van der Waals surface area contributed by atoms with Crippen molar-refractivity contribution < 1.29 is 14.4 Å². The van der Waals surface area contributed by atoms with E-state index < -0.39 is 5.91 Å². The van der Waals surface area contributed by atoms with Crippen molar-refractivity contribution in [1.29, 1.82) is 0 Å². The molecule has 3 amide bonds. The molecule has 1 aromatic heterocycles. The van der Waals surface area contributed by atoms with E-state index in [0.29, 0.717) is 28.5 Å². The Hall–Kier alpha value is -3.31. The number of nitrogens with zero attached hydrogens (tertiary/aromatic N) is 3. The third kappa shape index (κ3) is 6.94. The number of amides is 3. The van der Waals surface area contributed by atoms with Crippen molar-refractivity contribution in [2.75, 3.05) is 26.0 Å². The number of hydrogen-bond acceptors (Lipinski definition) is 7. The number of carbonyl (C=O) groups is 3. The summed E-state index contributed by atoms with van der Waals surface area (Å²) in [5.41, 5.74) is 4.70. The average molecular weight is 432 g/mol. The number of thiazole rings is 1. The van der Waals surface area contributed by atoms with Crippen molar-refractivity contribution in [1.82, 2.24) is 20.6 Å². The Balaban J connectivity index is 2.11. The van der Waals surface area contributed by atoms with Crippen LogP contribution in [0.1, 0.15) is 27.9 Å². The summed E-state index contributed by atoms with van der Waals surface area (Å²) in [6.45, 7) is 1.26. The monoisotopic (exact) mass is 431 g/mol. The molecular formula is C19H25N7O3S. The summed E-state index contributed by atoms with van der Waals surface area (Å²) in [6, 6.07) is 7.57. The molecule has 0 fully saturated rings. The van der Waals surface area contributed by atoms with Crippen molar-refractivity contribution >= 4 is 46.2 Å². The Bertz CT molecular complexity index is 923. The number of nitrogens with one attached hydrogen (secondary N) is 3. The molecule has 0 spiro atoms. The van der Waals surface area contributed by atoms with Gasteiger partial charge in [0.15, 0.2) is 5.13 Å². The number of aryl methyl sites for hydroxylation is 2. The van der Waals surface area contributed by atoms with Crippen molar-refractivity contribution in [2.24, 2.45) is 10.8 Å². The van der Waals surface area contributed by atoms with Crippen molar-refractivity contribution in [2.45, 2.75) is 19.8 Å². The third-order valence-corrected chi connectivity index (χ3v) is 4.97. The molecule has 5 N–H and O–H groups in total. The molecule has 0 saturated carbocycles. The zero-order valence-electron chi connectivity index (χ0n) is 17.1. The van der Waals surface area contributed by atoms with Gasteiger partial charge in [-0.05, 0) is 30.5 Å². The first-order chi connectivity index (χ1) is 14.3. The molecule has 11 heteroatoms. The lowest BCUT2D eigenvalue weighted by Gasteiger charge is -2.10. The maximum absolute atomic E-state index is 12.6. The van der Waals surface area contributed by atoms with Crippen LogP contribution in [-0.4, -0.2) is 54.6 Å². The number of aliphatic imine (C=N–C) groups is 1. The summed E-state index contributed by atoms with van der Waals surface area (Å²) in [5, 5.41) is 5.57. The first kappa shape index (κ1) is 23.0. The highest BCUT2D eigenvalue weighted by Gasteiger charge is 2.19. The van der Waals surface area contributed by atoms with Gasteiger partial charge in [-0.2, -0.15) is 0 Å². The summed E-state index contributed by atoms with van der Waals surface area (Å²) < 4.78 is 0. The van der Waals surface area contributed by atoms with Gasteiger partial charge in [0.1, 0.15) is 11.2 Å². The quantitative estimate of drug-likeness (QED) is 0.200. The molecule has 1 aromatic carbocycles. The zero-order chi connectivity index (χ0) is 22.1. The molecule has 0 aliphatic heterocycles. The van der Waals surface area contributed by atoms with Crippen LogP contribution in [-0.2, 0) is 22.4 Å². The van der Waals surface area contributed by atoms with E-state index in [2.05, 4.69) is 26.0 Å². The van der Waals surface area contributed by atoms with E-state index in [4.69, 9.17) is 5.84 Å². The second kappa shape index (κ2) is 11.0. The molecule has 0 atom stereocenters. The van der Waals surface area contributed by atoms with Crippen LogP contribution in [0.15, 0.2) is 29.3 Å². The fourth-order valence-corrected chi connectivity index (χ4v) is 3.39. The first-order valence-corrected chi connectivity index (χ1v) is 9.95. The Morgan fingerprint density at radius 2 is 1.90 bits per heavy atom. The molecule has 10 nitrogen and oxygen atoms in total. The van der Waals surface area contributed by atoms with E-state index in [1.807, 2.05) is 24.3 Å². The number of aromatic nitrogens is 1. The highest BCUT2D eigenvalue weighted by atomic mass is 32.1. The molecule has 0 bridgehead atoms. The van der Waals surface area contributed by atoms with E-state index in [1.54, 1.807) is 14.1 Å². The van der Waals surface area contributed by atoms with Gasteiger partial charge in [0.25, 0.3) is 5.91 Å². The van der Waals surface area contributed by atoms with E-state index in [0.717, 1.165) is 22.6 Å². The van der Waals surface area contributed by atoms with Gasteiger partial charge in [-0.15, -0.1) is 0 Å². The van der Waals surface area contributed by atoms with Crippen molar-refractivity contribution in [3.8, 4) is 0 Å². The predicted molar refractivity (Wildman–Crippen MR) is 117 cm³/mol. The molecular weight excluding hydrogens is 406 g/mol. The van der Waals surface area contributed by atoms with Crippen LogP contribution in [0.4, 0.5) is 10.8 Å². The number of rotatable bonds is 9. The zero-order valence-corrected chi connectivity index (χ0v) is 17.9. The smallest absolute Gasteiger partial charge is 0.263 e. The molecule has 1 heterocycles. The maximum Gasteiger partial charge on any atom is 0.263 e. The van der Waals surface area contributed by atoms with Gasteiger partial charge < -0.3 is 21.0 Å². The fourth-order valence-electron chi connectivity index (χ4n) is 2.42. The van der Waals surface area contributed by atoms with Crippen molar-refractivity contribution in [3.63, 3.8) is 0 Å². The van der Waals surface area contributed by atoms with E-state index in [-0.39, 0.29) is 18.4 Å². The number of hydrazine groups is 1. The summed E-state index contributed by atoms with van der Waals surface area (Å²) in [7, 11) is 3.23. The highest BCUT2D eigenvalue weighted by molar-refractivity contribution is 7.17. The van der Waals surface area contributed by atoms with E-state index in [1.165, 1.54) is 18.2 Å². The molecule has 0 unspecified atom stereocenters. The molecule has 0 aliphatic carbocycles. The van der Waals surface area contributed by atoms with Gasteiger partial charge in [0, 0.05) is 21.0 Å². The number of nitrogens with two attached hydrogens (primary N) is 1. The van der Waals surface area contributed by atoms with E-state index >= 15 is 0 Å². The van der Waals surface area contributed by atoms with E-state index in [9.17, 15) is 14.4 Å². The van der Waals surface area contributed by atoms with Crippen LogP contribution in [0.5, 0.6) is 0 Å². The SMILES string of the molecule is CC(=O)Nc1nc(CCc2ccc(N=CNN)cc2)c(C(=O)NCC(=O)N(C)C)s1. The Morgan fingerprint density at radius 3 is 2.50 bits per heavy atom. The van der Waals surface area contributed by atoms with Gasteiger partial charge in [-0.25, -0.2) is 15.8 Å². The minimum absolute atomic E-state index is 0.113. The fraction of sp³-hybridized carbons (Fsp3) is 0.316. The summed E-state index contributed by atoms with van der Waals surface area (Å²) in [6.07, 6.45) is 2.52. The number of benzene rings is 1. The van der Waals surface area contributed by atoms with Crippen LogP contribution in [0.3, 0.4) is 0 Å². The number of hydrogen-bond donors (Lipinski definition) is 4. The molecule has 2 rings (SSSR count). The van der Waals surface area contributed by atoms with Gasteiger partial charge in [0.05, 0.1) is 17.9 Å². The summed E-state index contributed by atoms with van der Waals surface area (Å²) in [5.74, 6) is 4.27. The minimum Gasteiger partial charge on any atom is -0.347 e. The second-order valence-electron chi connectivity index (χ2n) is 6.54. The largest absolute Gasteiger partial charge is 0.347 e. The summed E-state index contributed by atoms with van der Waals surface area (Å²) in [4.78, 5) is 46.0. The van der Waals surface area contributed by atoms with Crippen LogP contribution in [0, 0.1) is 0 Å². The number of anilines is 1. The molecule has 0 aliphatic rings. The van der Waals surface area contributed by atoms with Gasteiger partial charge in [-0.1, -0.05) is 23.5 Å². The molecule has 0 radical (unpaired) electrons. The molecule has 0 saturated heterocycles. The van der Waals surface area contributed by atoms with Gasteiger partial charge >= 0.3 is 0 Å². The Labute approximate surface area is 178 Å². The van der Waals surface area contributed by atoms with Gasteiger partial charge in [-0.3, -0.25) is 14.4 Å². The predicted octanol–water partition coefficient (Wildman–Crippen LogP) is 0.828. The molecule has 2 aromatic rings. The lowest BCUT2D eigenvalue weighted by molar-refractivity contribution is -0.127. The van der Waals surface area contributed by atoms with Crippen LogP contribution < -0.4 is 21.9 Å². The number of carbonyl (C=O) groups excluding carboxylic acids is 3. The summed E-state index contributed by atoms with van der Waals surface area (Å²) >= 11 is 1.08. The van der Waals surface area contributed by atoms with Crippen LogP contribution in [0.2, 0.25) is 0 Å². The first-order valence-electron chi connectivity index (χ1n) is 9.13. The van der Waals surface area contributed by atoms with Crippen LogP contribution >= 0.6 is 11.3 Å². The normalized spacial score (nSPS) is 10.7. The topological polar surface area (TPSA) is 142 Å². The Morgan fingerprint density at radius 1 is 1.20 bits per heavy atom. The van der Waals surface area contributed by atoms with Gasteiger partial charge in [0.2, 0.25) is 11.8 Å². The average Bonchev–Trinajstić information content (AvgIpc) is 3.11.